The van der Waals surface area contributed by atoms with E-state index in [4.69, 9.17) is 4.99 Å². The molecule has 2 saturated carbocycles. The molecule has 0 spiro atoms. The molecule has 1 amide bonds. The molecule has 0 radical (unpaired) electrons. The van der Waals surface area contributed by atoms with Crippen molar-refractivity contribution < 1.29 is 4.79 Å². The van der Waals surface area contributed by atoms with Gasteiger partial charge in [0.05, 0.1) is 13.1 Å². The number of guanidine groups is 1. The Hall–Kier alpha value is -0.610. The maximum absolute atomic E-state index is 12.0. The van der Waals surface area contributed by atoms with Crippen molar-refractivity contribution in [2.24, 2.45) is 4.99 Å². The van der Waals surface area contributed by atoms with E-state index >= 15 is 0 Å². The van der Waals surface area contributed by atoms with Crippen molar-refractivity contribution >= 4 is 35.8 Å². The molecule has 162 valence electrons. The summed E-state index contributed by atoms with van der Waals surface area (Å²) in [5.74, 6) is 1.21. The third-order valence-electron chi connectivity index (χ3n) is 5.98. The lowest BCUT2D eigenvalue weighted by Crippen LogP contribution is -2.54. The third-order valence-corrected chi connectivity index (χ3v) is 5.98. The number of nitrogens with zero attached hydrogens (tertiary/aromatic N) is 4. The normalized spacial score (nSPS) is 21.7. The van der Waals surface area contributed by atoms with E-state index in [1.807, 2.05) is 0 Å². The molecule has 1 heterocycles. The minimum atomic E-state index is 0. The number of hydrogen-bond acceptors (Lipinski definition) is 4. The van der Waals surface area contributed by atoms with Crippen LogP contribution in [0.25, 0.3) is 0 Å². The van der Waals surface area contributed by atoms with Gasteiger partial charge in [0, 0.05) is 51.4 Å². The van der Waals surface area contributed by atoms with Gasteiger partial charge in [-0.25, -0.2) is 0 Å². The van der Waals surface area contributed by atoms with Crippen LogP contribution in [0, 0.1) is 0 Å². The standard InChI is InChI=1S/C20H38N6O.HI/c1-3-21-20(22-10-11-24(2)18-6-4-5-7-18)26-14-12-25(13-15-26)16-19(27)23-17-8-9-17;/h17-18H,3-16H2,1-2H3,(H,21,22)(H,23,27);1H. The number of carbonyl (C=O) groups is 1. The van der Waals surface area contributed by atoms with E-state index in [0.29, 0.717) is 12.6 Å². The Morgan fingerprint density at radius 3 is 2.39 bits per heavy atom. The maximum Gasteiger partial charge on any atom is 0.234 e. The number of aliphatic imine (C=N–C) groups is 1. The van der Waals surface area contributed by atoms with Gasteiger partial charge in [-0.3, -0.25) is 14.7 Å². The molecule has 0 atom stereocenters. The van der Waals surface area contributed by atoms with Crippen molar-refractivity contribution in [1.82, 2.24) is 25.3 Å². The molecular weight excluding hydrogens is 467 g/mol. The van der Waals surface area contributed by atoms with Gasteiger partial charge in [-0.15, -0.1) is 24.0 Å². The summed E-state index contributed by atoms with van der Waals surface area (Å²) in [7, 11) is 2.24. The average Bonchev–Trinajstić information content (AvgIpc) is 3.30. The van der Waals surface area contributed by atoms with Crippen molar-refractivity contribution in [2.75, 3.05) is 59.4 Å². The highest BCUT2D eigenvalue weighted by Gasteiger charge is 2.26. The Bertz CT molecular complexity index is 499. The number of hydrogen-bond donors (Lipinski definition) is 2. The van der Waals surface area contributed by atoms with Gasteiger partial charge in [0.15, 0.2) is 5.96 Å². The molecule has 0 aromatic rings. The van der Waals surface area contributed by atoms with Gasteiger partial charge in [-0.2, -0.15) is 0 Å². The number of piperazine rings is 1. The number of rotatable bonds is 8. The molecule has 0 aromatic carbocycles. The quantitative estimate of drug-likeness (QED) is 0.296. The summed E-state index contributed by atoms with van der Waals surface area (Å²) in [5, 5.41) is 6.53. The number of amides is 1. The molecule has 0 unspecified atom stereocenters. The lowest BCUT2D eigenvalue weighted by atomic mass is 10.2. The van der Waals surface area contributed by atoms with Crippen LogP contribution in [0.1, 0.15) is 45.4 Å². The van der Waals surface area contributed by atoms with Gasteiger partial charge >= 0.3 is 0 Å². The van der Waals surface area contributed by atoms with Crippen LogP contribution in [0.2, 0.25) is 0 Å². The van der Waals surface area contributed by atoms with Crippen molar-refractivity contribution in [2.45, 2.75) is 57.5 Å². The first-order valence-electron chi connectivity index (χ1n) is 10.9. The van der Waals surface area contributed by atoms with E-state index in [2.05, 4.69) is 39.3 Å². The first-order valence-corrected chi connectivity index (χ1v) is 10.9. The summed E-state index contributed by atoms with van der Waals surface area (Å²) < 4.78 is 0. The van der Waals surface area contributed by atoms with E-state index in [1.54, 1.807) is 0 Å². The summed E-state index contributed by atoms with van der Waals surface area (Å²) in [6.45, 7) is 9.13. The van der Waals surface area contributed by atoms with Crippen molar-refractivity contribution in [1.29, 1.82) is 0 Å². The summed E-state index contributed by atoms with van der Waals surface area (Å²) >= 11 is 0. The molecule has 28 heavy (non-hydrogen) atoms. The van der Waals surface area contributed by atoms with Crippen molar-refractivity contribution in [3.05, 3.63) is 0 Å². The van der Waals surface area contributed by atoms with Gasteiger partial charge in [0.1, 0.15) is 0 Å². The van der Waals surface area contributed by atoms with Crippen LogP contribution in [0.3, 0.4) is 0 Å². The zero-order valence-corrected chi connectivity index (χ0v) is 20.0. The highest BCUT2D eigenvalue weighted by atomic mass is 127. The van der Waals surface area contributed by atoms with E-state index in [0.717, 1.165) is 70.7 Å². The molecule has 0 bridgehead atoms. The third kappa shape index (κ3) is 7.67. The molecule has 2 N–H and O–H groups in total. The topological polar surface area (TPSA) is 63.2 Å². The smallest absolute Gasteiger partial charge is 0.234 e. The zero-order chi connectivity index (χ0) is 19.1. The van der Waals surface area contributed by atoms with Crippen LogP contribution >= 0.6 is 24.0 Å². The van der Waals surface area contributed by atoms with Gasteiger partial charge < -0.3 is 20.4 Å². The Labute approximate surface area is 187 Å². The minimum absolute atomic E-state index is 0. The first kappa shape index (κ1) is 23.7. The van der Waals surface area contributed by atoms with Crippen LogP contribution in [0.5, 0.6) is 0 Å². The molecule has 3 rings (SSSR count). The second-order valence-electron chi connectivity index (χ2n) is 8.26. The number of likely N-dealkylation sites (N-methyl/N-ethyl adjacent to an activating group) is 1. The molecule has 2 aliphatic carbocycles. The highest BCUT2D eigenvalue weighted by molar-refractivity contribution is 14.0. The van der Waals surface area contributed by atoms with Crippen LogP contribution < -0.4 is 10.6 Å². The van der Waals surface area contributed by atoms with E-state index in [-0.39, 0.29) is 29.9 Å². The summed E-state index contributed by atoms with van der Waals surface area (Å²) in [5.41, 5.74) is 0. The van der Waals surface area contributed by atoms with Gasteiger partial charge in [0.2, 0.25) is 5.91 Å². The molecular formula is C20H39IN6O. The monoisotopic (exact) mass is 506 g/mol. The number of halogens is 1. The maximum atomic E-state index is 12.0. The number of carbonyl (C=O) groups excluding carboxylic acids is 1. The van der Waals surface area contributed by atoms with Crippen molar-refractivity contribution in [3.63, 3.8) is 0 Å². The van der Waals surface area contributed by atoms with Crippen LogP contribution in [-0.4, -0.2) is 98.1 Å². The van der Waals surface area contributed by atoms with Gasteiger partial charge in [-0.05, 0) is 39.7 Å². The second-order valence-corrected chi connectivity index (χ2v) is 8.26. The molecule has 0 aromatic heterocycles. The predicted molar refractivity (Wildman–Crippen MR) is 125 cm³/mol. The summed E-state index contributed by atoms with van der Waals surface area (Å²) in [6, 6.07) is 1.21. The molecule has 1 aliphatic heterocycles. The molecule has 1 saturated heterocycles. The molecule has 3 fully saturated rings. The fraction of sp³-hybridized carbons (Fsp3) is 0.900. The van der Waals surface area contributed by atoms with Crippen LogP contribution in [-0.2, 0) is 4.79 Å². The fourth-order valence-corrected chi connectivity index (χ4v) is 4.09. The highest BCUT2D eigenvalue weighted by Crippen LogP contribution is 2.22. The summed E-state index contributed by atoms with van der Waals surface area (Å²) in [4.78, 5) is 23.9. The Morgan fingerprint density at radius 2 is 1.79 bits per heavy atom. The molecule has 7 nitrogen and oxygen atoms in total. The van der Waals surface area contributed by atoms with Crippen LogP contribution in [0.4, 0.5) is 0 Å². The first-order chi connectivity index (χ1) is 13.2. The van der Waals surface area contributed by atoms with Gasteiger partial charge in [-0.1, -0.05) is 12.8 Å². The summed E-state index contributed by atoms with van der Waals surface area (Å²) in [6.07, 6.45) is 7.75. The number of nitrogens with one attached hydrogen (secondary N) is 2. The lowest BCUT2D eigenvalue weighted by Gasteiger charge is -2.36. The zero-order valence-electron chi connectivity index (χ0n) is 17.7. The Balaban J connectivity index is 0.00000280. The largest absolute Gasteiger partial charge is 0.357 e. The second kappa shape index (κ2) is 12.2. The average molecular weight is 506 g/mol. The Morgan fingerprint density at radius 1 is 1.11 bits per heavy atom. The molecule has 8 heteroatoms. The van der Waals surface area contributed by atoms with E-state index in [1.165, 1.54) is 25.7 Å². The fourth-order valence-electron chi connectivity index (χ4n) is 4.09. The minimum Gasteiger partial charge on any atom is -0.357 e. The Kier molecular flexibility index (Phi) is 10.3. The molecule has 3 aliphatic rings. The predicted octanol–water partition coefficient (Wildman–Crippen LogP) is 1.34. The van der Waals surface area contributed by atoms with E-state index < -0.39 is 0 Å². The van der Waals surface area contributed by atoms with E-state index in [9.17, 15) is 4.79 Å². The SMILES string of the molecule is CCNC(=NCCN(C)C1CCCC1)N1CCN(CC(=O)NC2CC2)CC1.I. The van der Waals surface area contributed by atoms with Crippen molar-refractivity contribution in [3.8, 4) is 0 Å². The lowest BCUT2D eigenvalue weighted by molar-refractivity contribution is -0.122. The van der Waals surface area contributed by atoms with Gasteiger partial charge in [0.25, 0.3) is 0 Å². The van der Waals surface area contributed by atoms with Crippen LogP contribution in [0.15, 0.2) is 4.99 Å².